The molecule has 31 heavy (non-hydrogen) atoms. The monoisotopic (exact) mass is 414 g/mol. The van der Waals surface area contributed by atoms with E-state index in [1.807, 2.05) is 54.6 Å². The second-order valence-electron chi connectivity index (χ2n) is 7.69. The standard InChI is InChI=1S/C25H26N4O2/c26-21-13-12-20(18-5-2-1-3-6-18)15-23(21)29-24(30)19-10-8-17(9-11-19)16-28-25(31)22-7-4-14-27-22/h1-3,5-6,8-13,15,22,27H,4,7,14,16,26H2,(H,28,31)(H,29,30)/t22-/m0/s1. The van der Waals surface area contributed by atoms with Gasteiger partial charge in [-0.15, -0.1) is 0 Å². The summed E-state index contributed by atoms with van der Waals surface area (Å²) in [7, 11) is 0. The predicted molar refractivity (Wildman–Crippen MR) is 124 cm³/mol. The smallest absolute Gasteiger partial charge is 0.255 e. The number of benzene rings is 3. The van der Waals surface area contributed by atoms with Crippen molar-refractivity contribution in [1.82, 2.24) is 10.6 Å². The average Bonchev–Trinajstić information content (AvgIpc) is 3.35. The predicted octanol–water partition coefficient (Wildman–Crippen LogP) is 3.56. The Labute approximate surface area is 181 Å². The van der Waals surface area contributed by atoms with Gasteiger partial charge in [-0.25, -0.2) is 0 Å². The van der Waals surface area contributed by atoms with E-state index in [4.69, 9.17) is 5.73 Å². The molecule has 4 rings (SSSR count). The van der Waals surface area contributed by atoms with Gasteiger partial charge in [-0.05, 0) is 60.3 Å². The molecule has 0 aliphatic carbocycles. The average molecular weight is 415 g/mol. The Bertz CT molecular complexity index is 1060. The number of rotatable bonds is 6. The fraction of sp³-hybridized carbons (Fsp3) is 0.200. The highest BCUT2D eigenvalue weighted by molar-refractivity contribution is 6.06. The molecule has 2 amide bonds. The van der Waals surface area contributed by atoms with E-state index in [2.05, 4.69) is 16.0 Å². The van der Waals surface area contributed by atoms with Gasteiger partial charge in [0, 0.05) is 12.1 Å². The van der Waals surface area contributed by atoms with Gasteiger partial charge >= 0.3 is 0 Å². The molecule has 0 unspecified atom stereocenters. The molecule has 1 aliphatic rings. The van der Waals surface area contributed by atoms with Crippen LogP contribution in [0.3, 0.4) is 0 Å². The van der Waals surface area contributed by atoms with Gasteiger partial charge in [-0.1, -0.05) is 48.5 Å². The third kappa shape index (κ3) is 5.10. The molecular weight excluding hydrogens is 388 g/mol. The minimum Gasteiger partial charge on any atom is -0.397 e. The number of anilines is 2. The van der Waals surface area contributed by atoms with Crippen molar-refractivity contribution in [3.8, 4) is 11.1 Å². The summed E-state index contributed by atoms with van der Waals surface area (Å²) in [5.74, 6) is -0.212. The number of hydrogen-bond donors (Lipinski definition) is 4. The molecule has 1 atom stereocenters. The van der Waals surface area contributed by atoms with E-state index in [-0.39, 0.29) is 17.9 Å². The number of hydrogen-bond acceptors (Lipinski definition) is 4. The van der Waals surface area contributed by atoms with Crippen molar-refractivity contribution in [3.63, 3.8) is 0 Å². The fourth-order valence-corrected chi connectivity index (χ4v) is 3.66. The number of nitrogen functional groups attached to an aromatic ring is 1. The van der Waals surface area contributed by atoms with Gasteiger partial charge in [-0.3, -0.25) is 9.59 Å². The van der Waals surface area contributed by atoms with Gasteiger partial charge < -0.3 is 21.7 Å². The molecule has 3 aromatic rings. The minimum atomic E-state index is -0.234. The molecule has 0 spiro atoms. The molecule has 1 saturated heterocycles. The second kappa shape index (κ2) is 9.45. The van der Waals surface area contributed by atoms with Crippen LogP contribution in [-0.4, -0.2) is 24.4 Å². The maximum atomic E-state index is 12.7. The normalized spacial score (nSPS) is 15.4. The molecule has 3 aromatic carbocycles. The molecule has 0 saturated carbocycles. The van der Waals surface area contributed by atoms with Crippen molar-refractivity contribution in [1.29, 1.82) is 0 Å². The summed E-state index contributed by atoms with van der Waals surface area (Å²) >= 11 is 0. The van der Waals surface area contributed by atoms with E-state index in [1.54, 1.807) is 18.2 Å². The lowest BCUT2D eigenvalue weighted by atomic mass is 10.0. The van der Waals surface area contributed by atoms with Gasteiger partial charge in [0.25, 0.3) is 5.91 Å². The van der Waals surface area contributed by atoms with Crippen molar-refractivity contribution < 1.29 is 9.59 Å². The first-order valence-electron chi connectivity index (χ1n) is 10.5. The Morgan fingerprint density at radius 2 is 1.74 bits per heavy atom. The molecule has 1 heterocycles. The topological polar surface area (TPSA) is 96.2 Å². The second-order valence-corrected chi connectivity index (χ2v) is 7.69. The molecule has 0 bridgehead atoms. The van der Waals surface area contributed by atoms with Crippen molar-refractivity contribution in [3.05, 3.63) is 83.9 Å². The van der Waals surface area contributed by atoms with Crippen LogP contribution in [0.25, 0.3) is 11.1 Å². The quantitative estimate of drug-likeness (QED) is 0.464. The highest BCUT2D eigenvalue weighted by Crippen LogP contribution is 2.27. The third-order valence-electron chi connectivity index (χ3n) is 5.47. The van der Waals surface area contributed by atoms with Gasteiger partial charge in [0.15, 0.2) is 0 Å². The first-order chi connectivity index (χ1) is 15.1. The highest BCUT2D eigenvalue weighted by atomic mass is 16.2. The third-order valence-corrected chi connectivity index (χ3v) is 5.47. The van der Waals surface area contributed by atoms with E-state index < -0.39 is 0 Å². The molecule has 0 radical (unpaired) electrons. The van der Waals surface area contributed by atoms with Gasteiger partial charge in [0.1, 0.15) is 0 Å². The van der Waals surface area contributed by atoms with Crippen LogP contribution in [0, 0.1) is 0 Å². The van der Waals surface area contributed by atoms with Crippen LogP contribution in [0.5, 0.6) is 0 Å². The van der Waals surface area contributed by atoms with Gasteiger partial charge in [0.05, 0.1) is 17.4 Å². The Kier molecular flexibility index (Phi) is 6.29. The molecular formula is C25H26N4O2. The first kappa shape index (κ1) is 20.6. The Morgan fingerprint density at radius 1 is 0.968 bits per heavy atom. The lowest BCUT2D eigenvalue weighted by Gasteiger charge is -2.12. The Morgan fingerprint density at radius 3 is 2.45 bits per heavy atom. The maximum absolute atomic E-state index is 12.7. The lowest BCUT2D eigenvalue weighted by molar-refractivity contribution is -0.122. The zero-order chi connectivity index (χ0) is 21.6. The summed E-state index contributed by atoms with van der Waals surface area (Å²) < 4.78 is 0. The Balaban J connectivity index is 1.39. The number of amides is 2. The lowest BCUT2D eigenvalue weighted by Crippen LogP contribution is -2.39. The van der Waals surface area contributed by atoms with Crippen molar-refractivity contribution in [2.45, 2.75) is 25.4 Å². The molecule has 6 nitrogen and oxygen atoms in total. The number of nitrogens with one attached hydrogen (secondary N) is 3. The summed E-state index contributed by atoms with van der Waals surface area (Å²) in [6.45, 7) is 1.33. The van der Waals surface area contributed by atoms with Gasteiger partial charge in [0.2, 0.25) is 5.91 Å². The van der Waals surface area contributed by atoms with Crippen LogP contribution in [0.15, 0.2) is 72.8 Å². The largest absolute Gasteiger partial charge is 0.397 e. The van der Waals surface area contributed by atoms with Crippen molar-refractivity contribution in [2.75, 3.05) is 17.6 Å². The van der Waals surface area contributed by atoms with E-state index in [9.17, 15) is 9.59 Å². The van der Waals surface area contributed by atoms with Crippen LogP contribution in [0.2, 0.25) is 0 Å². The van der Waals surface area contributed by atoms with E-state index >= 15 is 0 Å². The summed E-state index contributed by atoms with van der Waals surface area (Å²) in [6.07, 6.45) is 1.90. The van der Waals surface area contributed by atoms with E-state index in [0.29, 0.717) is 23.5 Å². The highest BCUT2D eigenvalue weighted by Gasteiger charge is 2.21. The summed E-state index contributed by atoms with van der Waals surface area (Å²) in [5.41, 5.74) is 10.7. The zero-order valence-electron chi connectivity index (χ0n) is 17.2. The number of nitrogens with two attached hydrogens (primary N) is 1. The Hall–Kier alpha value is -3.64. The molecule has 0 aromatic heterocycles. The van der Waals surface area contributed by atoms with Crippen LogP contribution in [0.4, 0.5) is 11.4 Å². The molecule has 5 N–H and O–H groups in total. The molecule has 1 aliphatic heterocycles. The molecule has 158 valence electrons. The van der Waals surface area contributed by atoms with Crippen LogP contribution >= 0.6 is 0 Å². The van der Waals surface area contributed by atoms with Crippen LogP contribution in [0.1, 0.15) is 28.8 Å². The first-order valence-corrected chi connectivity index (χ1v) is 10.5. The van der Waals surface area contributed by atoms with Gasteiger partial charge in [-0.2, -0.15) is 0 Å². The molecule has 1 fully saturated rings. The fourth-order valence-electron chi connectivity index (χ4n) is 3.66. The SMILES string of the molecule is Nc1ccc(-c2ccccc2)cc1NC(=O)c1ccc(CNC(=O)[C@@H]2CCCN2)cc1. The number of carbonyl (C=O) groups is 2. The summed E-state index contributed by atoms with van der Waals surface area (Å²) in [5, 5.41) is 9.03. The maximum Gasteiger partial charge on any atom is 0.255 e. The number of carbonyl (C=O) groups excluding carboxylic acids is 2. The van der Waals surface area contributed by atoms with E-state index in [1.165, 1.54) is 0 Å². The minimum absolute atomic E-state index is 0.0214. The van der Waals surface area contributed by atoms with Crippen molar-refractivity contribution in [2.24, 2.45) is 0 Å². The van der Waals surface area contributed by atoms with E-state index in [0.717, 1.165) is 36.1 Å². The summed E-state index contributed by atoms with van der Waals surface area (Å²) in [4.78, 5) is 24.8. The molecule has 6 heteroatoms. The zero-order valence-corrected chi connectivity index (χ0v) is 17.2. The van der Waals surface area contributed by atoms with Crippen LogP contribution in [-0.2, 0) is 11.3 Å². The summed E-state index contributed by atoms with van der Waals surface area (Å²) in [6, 6.07) is 22.6. The van der Waals surface area contributed by atoms with Crippen LogP contribution < -0.4 is 21.7 Å². The van der Waals surface area contributed by atoms with Crippen molar-refractivity contribution >= 4 is 23.2 Å².